The van der Waals surface area contributed by atoms with Gasteiger partial charge in [0.05, 0.1) is 31.5 Å². The summed E-state index contributed by atoms with van der Waals surface area (Å²) in [5, 5.41) is 20.6. The average molecular weight is 717 g/mol. The van der Waals surface area contributed by atoms with Crippen molar-refractivity contribution in [2.45, 2.75) is 57.5 Å². The van der Waals surface area contributed by atoms with Crippen LogP contribution >= 0.6 is 0 Å². The normalized spacial score (nSPS) is 23.3. The smallest absolute Gasteiger partial charge is 0.352 e. The van der Waals surface area contributed by atoms with E-state index in [1.165, 1.54) is 41.1 Å². The Bertz CT molecular complexity index is 2030. The molecule has 2 saturated heterocycles. The summed E-state index contributed by atoms with van der Waals surface area (Å²) in [6, 6.07) is 21.7. The molecule has 15 heteroatoms. The molecule has 4 unspecified atom stereocenters. The zero-order chi connectivity index (χ0) is 36.7. The Labute approximate surface area is 299 Å². The highest BCUT2D eigenvalue weighted by molar-refractivity contribution is 5.53. The number of rotatable bonds is 10. The fourth-order valence-electron chi connectivity index (χ4n) is 7.48. The Morgan fingerprint density at radius 2 is 1.77 bits per heavy atom. The van der Waals surface area contributed by atoms with E-state index in [0.717, 1.165) is 6.07 Å². The van der Waals surface area contributed by atoms with Crippen molar-refractivity contribution >= 4 is 5.95 Å². The summed E-state index contributed by atoms with van der Waals surface area (Å²) >= 11 is 0. The molecule has 0 radical (unpaired) electrons. The molecular weight excluding hydrogens is 674 g/mol. The van der Waals surface area contributed by atoms with Gasteiger partial charge in [0.15, 0.2) is 5.72 Å². The Morgan fingerprint density at radius 1 is 1.04 bits per heavy atom. The first kappa shape index (κ1) is 35.6. The topological polar surface area (TPSA) is 125 Å². The molecule has 5 aromatic rings. The summed E-state index contributed by atoms with van der Waals surface area (Å²) in [5.41, 5.74) is -3.33. The molecule has 2 aromatic heterocycles. The van der Waals surface area contributed by atoms with Crippen LogP contribution in [0.25, 0.3) is 5.69 Å². The number of para-hydroxylation sites is 1. The van der Waals surface area contributed by atoms with Crippen molar-refractivity contribution in [3.63, 3.8) is 0 Å². The Kier molecular flexibility index (Phi) is 9.56. The minimum atomic E-state index is -1.73. The summed E-state index contributed by atoms with van der Waals surface area (Å²) in [6.07, 6.45) is 1.29. The molecule has 0 spiro atoms. The van der Waals surface area contributed by atoms with E-state index in [4.69, 9.17) is 19.3 Å². The number of methoxy groups -OCH3 is 1. The van der Waals surface area contributed by atoms with Gasteiger partial charge in [-0.2, -0.15) is 5.10 Å². The summed E-state index contributed by atoms with van der Waals surface area (Å²) in [5.74, 6) is -1.49. The first-order valence-corrected chi connectivity index (χ1v) is 17.1. The number of hydrogen-bond donors (Lipinski definition) is 1. The number of anilines is 1. The third-order valence-electron chi connectivity index (χ3n) is 10.1. The van der Waals surface area contributed by atoms with Gasteiger partial charge in [-0.05, 0) is 23.6 Å². The largest absolute Gasteiger partial charge is 0.391 e. The number of ether oxygens (including phenoxy) is 3. The number of benzene rings is 3. The third-order valence-corrected chi connectivity index (χ3v) is 10.1. The van der Waals surface area contributed by atoms with Gasteiger partial charge in [0.2, 0.25) is 5.95 Å². The molecular formula is C37H42F2N8O5. The summed E-state index contributed by atoms with van der Waals surface area (Å²) in [4.78, 5) is 22.6. The zero-order valence-electron chi connectivity index (χ0n) is 29.5. The molecule has 3 aromatic carbocycles. The van der Waals surface area contributed by atoms with Crippen molar-refractivity contribution in [1.82, 2.24) is 34.0 Å². The van der Waals surface area contributed by atoms with Gasteiger partial charge in [-0.25, -0.2) is 32.7 Å². The van der Waals surface area contributed by atoms with Crippen molar-refractivity contribution in [2.75, 3.05) is 38.5 Å². The first-order chi connectivity index (χ1) is 25.0. The summed E-state index contributed by atoms with van der Waals surface area (Å²) in [7, 11) is 1.53. The van der Waals surface area contributed by atoms with E-state index < -0.39 is 46.3 Å². The van der Waals surface area contributed by atoms with Crippen molar-refractivity contribution in [3.05, 3.63) is 125 Å². The number of hydrogen-bond acceptors (Lipinski definition) is 10. The fraction of sp³-hybridized carbons (Fsp3) is 0.405. The molecule has 0 aliphatic carbocycles. The molecule has 274 valence electrons. The predicted molar refractivity (Wildman–Crippen MR) is 186 cm³/mol. The first-order valence-electron chi connectivity index (χ1n) is 17.1. The van der Waals surface area contributed by atoms with Gasteiger partial charge in [0.25, 0.3) is 0 Å². The van der Waals surface area contributed by atoms with E-state index in [9.17, 15) is 14.3 Å². The lowest BCUT2D eigenvalue weighted by atomic mass is 9.71. The zero-order valence-corrected chi connectivity index (χ0v) is 29.5. The van der Waals surface area contributed by atoms with Crippen LogP contribution in [0.5, 0.6) is 0 Å². The van der Waals surface area contributed by atoms with Gasteiger partial charge < -0.3 is 24.2 Å². The lowest BCUT2D eigenvalue weighted by Crippen LogP contribution is -2.76. The van der Waals surface area contributed by atoms with Crippen LogP contribution in [0.15, 0.2) is 96.3 Å². The molecule has 0 amide bonds. The van der Waals surface area contributed by atoms with Gasteiger partial charge in [-0.1, -0.05) is 75.4 Å². The minimum absolute atomic E-state index is 0.0362. The number of halogens is 2. The molecule has 7 rings (SSSR count). The molecule has 0 bridgehead atoms. The third kappa shape index (κ3) is 5.91. The maximum absolute atomic E-state index is 16.9. The lowest BCUT2D eigenvalue weighted by molar-refractivity contribution is -0.257. The van der Waals surface area contributed by atoms with Gasteiger partial charge >= 0.3 is 5.69 Å². The maximum Gasteiger partial charge on any atom is 0.352 e. The number of aliphatic hydroxyl groups excluding tert-OH is 1. The van der Waals surface area contributed by atoms with Crippen molar-refractivity contribution < 1.29 is 28.1 Å². The van der Waals surface area contributed by atoms with Crippen molar-refractivity contribution in [3.8, 4) is 5.69 Å². The predicted octanol–water partition coefficient (Wildman–Crippen LogP) is 3.86. The van der Waals surface area contributed by atoms with Crippen LogP contribution < -0.4 is 10.6 Å². The molecule has 0 saturated carbocycles. The molecule has 4 atom stereocenters. The van der Waals surface area contributed by atoms with E-state index in [0.29, 0.717) is 11.3 Å². The van der Waals surface area contributed by atoms with Crippen LogP contribution in [0.4, 0.5) is 14.7 Å². The van der Waals surface area contributed by atoms with Crippen LogP contribution in [-0.2, 0) is 38.6 Å². The Hall–Kier alpha value is -4.80. The number of piperazine rings is 1. The highest BCUT2D eigenvalue weighted by Crippen LogP contribution is 2.55. The van der Waals surface area contributed by atoms with Crippen LogP contribution in [-0.4, -0.2) is 85.0 Å². The van der Waals surface area contributed by atoms with Gasteiger partial charge in [-0.15, -0.1) is 5.10 Å². The fourth-order valence-corrected chi connectivity index (χ4v) is 7.48. The number of nitrogens with zero attached hydrogens (tertiary/aromatic N) is 8. The molecule has 2 aliphatic heterocycles. The van der Waals surface area contributed by atoms with Gasteiger partial charge in [0, 0.05) is 37.4 Å². The molecule has 4 heterocycles. The Balaban J connectivity index is 1.61. The summed E-state index contributed by atoms with van der Waals surface area (Å²) in [6.45, 7) is 6.02. The van der Waals surface area contributed by atoms with E-state index >= 15 is 4.39 Å². The molecule has 2 fully saturated rings. The second-order valence-corrected chi connectivity index (χ2v) is 14.1. The van der Waals surface area contributed by atoms with Crippen molar-refractivity contribution in [2.24, 2.45) is 5.41 Å². The van der Waals surface area contributed by atoms with Crippen LogP contribution in [0.1, 0.15) is 31.9 Å². The number of aromatic nitrogens is 6. The van der Waals surface area contributed by atoms with Crippen molar-refractivity contribution in [1.29, 1.82) is 0 Å². The molecule has 13 nitrogen and oxygen atoms in total. The second-order valence-electron chi connectivity index (χ2n) is 14.1. The number of aliphatic hydroxyl groups is 1. The monoisotopic (exact) mass is 716 g/mol. The Morgan fingerprint density at radius 3 is 2.38 bits per heavy atom. The van der Waals surface area contributed by atoms with E-state index in [1.807, 2.05) is 67.0 Å². The average Bonchev–Trinajstić information content (AvgIpc) is 3.91. The highest BCUT2D eigenvalue weighted by Gasteiger charge is 2.67. The standard InChI is InChI=1S/C37H42F2N8O5/c1-35(2,3)31(48)20-46-34(49)47(28-13-9-6-10-14-28)33(42-46)45-18-17-44(32-21-51-25-52-32)37(50-4,26-11-7-5-8-12-26)36(45,22-43-24-40-23-41-43)29-16-15-27(38)19-30(29)39/h5-16,19,23-24,31-32,48H,17-18,20-22,25H2,1-4H3. The van der Waals surface area contributed by atoms with Crippen LogP contribution in [0, 0.1) is 17.0 Å². The van der Waals surface area contributed by atoms with Crippen LogP contribution in [0.3, 0.4) is 0 Å². The molecule has 2 aliphatic rings. The van der Waals surface area contributed by atoms with Gasteiger partial charge in [0.1, 0.15) is 42.8 Å². The van der Waals surface area contributed by atoms with E-state index in [2.05, 4.69) is 10.1 Å². The van der Waals surface area contributed by atoms with E-state index in [-0.39, 0.29) is 51.1 Å². The SMILES string of the molecule is COC1(c2ccccc2)N(C2COCO2)CCN(c2nn(CC(O)C(C)(C)C)c(=O)n2-c2ccccc2)C1(Cn1cncn1)c1ccc(F)cc1F. The van der Waals surface area contributed by atoms with E-state index in [1.54, 1.807) is 28.9 Å². The van der Waals surface area contributed by atoms with Gasteiger partial charge in [-0.3, -0.25) is 4.68 Å². The molecule has 52 heavy (non-hydrogen) atoms. The highest BCUT2D eigenvalue weighted by atomic mass is 19.1. The maximum atomic E-state index is 16.9. The lowest BCUT2D eigenvalue weighted by Gasteiger charge is -2.63. The summed E-state index contributed by atoms with van der Waals surface area (Å²) < 4.78 is 54.7. The second kappa shape index (κ2) is 14.0. The quantitative estimate of drug-likeness (QED) is 0.228. The van der Waals surface area contributed by atoms with Crippen LogP contribution in [0.2, 0.25) is 0 Å². The minimum Gasteiger partial charge on any atom is -0.391 e. The molecule has 1 N–H and O–H groups in total.